The van der Waals surface area contributed by atoms with Gasteiger partial charge in [0.15, 0.2) is 0 Å². The van der Waals surface area contributed by atoms with Crippen LogP contribution >= 0.6 is 0 Å². The van der Waals surface area contributed by atoms with Crippen LogP contribution in [0.5, 0.6) is 0 Å². The van der Waals surface area contributed by atoms with E-state index >= 15 is 0 Å². The molecule has 0 aromatic rings. The molecule has 0 radical (unpaired) electrons. The van der Waals surface area contributed by atoms with Crippen LogP contribution in [0.2, 0.25) is 0 Å². The number of carbonyl (C=O) groups excluding carboxylic acids is 2. The molecule has 0 saturated carbocycles. The van der Waals surface area contributed by atoms with Gasteiger partial charge in [-0.05, 0) is 27.2 Å². The third kappa shape index (κ3) is 7.46. The molecule has 0 fully saturated rings. The van der Waals surface area contributed by atoms with E-state index in [4.69, 9.17) is 9.47 Å². The van der Waals surface area contributed by atoms with Crippen molar-refractivity contribution in [2.75, 3.05) is 13.2 Å². The van der Waals surface area contributed by atoms with Crippen molar-refractivity contribution in [3.05, 3.63) is 12.7 Å². The molecule has 0 aliphatic heterocycles. The Labute approximate surface area is 113 Å². The summed E-state index contributed by atoms with van der Waals surface area (Å²) in [4.78, 5) is 22.6. The van der Waals surface area contributed by atoms with E-state index in [9.17, 15) is 14.7 Å². The Morgan fingerprint density at radius 1 is 1.37 bits per heavy atom. The van der Waals surface area contributed by atoms with Gasteiger partial charge in [0.05, 0.1) is 6.61 Å². The summed E-state index contributed by atoms with van der Waals surface area (Å²) in [6, 6.07) is 0. The van der Waals surface area contributed by atoms with E-state index in [1.54, 1.807) is 20.8 Å². The SMILES string of the molecule is C=CC[C@](CO)(COC(C)=O)NC(=O)OC(C)(C)C. The van der Waals surface area contributed by atoms with Crippen LogP contribution < -0.4 is 5.32 Å². The van der Waals surface area contributed by atoms with Gasteiger partial charge in [0, 0.05) is 6.92 Å². The summed E-state index contributed by atoms with van der Waals surface area (Å²) in [6.07, 6.45) is 1.09. The summed E-state index contributed by atoms with van der Waals surface area (Å²) >= 11 is 0. The smallest absolute Gasteiger partial charge is 0.408 e. The minimum atomic E-state index is -1.12. The first-order valence-electron chi connectivity index (χ1n) is 6.00. The summed E-state index contributed by atoms with van der Waals surface area (Å²) in [6.45, 7) is 9.45. The lowest BCUT2D eigenvalue weighted by molar-refractivity contribution is -0.143. The average Bonchev–Trinajstić information content (AvgIpc) is 2.23. The van der Waals surface area contributed by atoms with Crippen LogP contribution in [0, 0.1) is 0 Å². The monoisotopic (exact) mass is 273 g/mol. The zero-order valence-corrected chi connectivity index (χ0v) is 12.0. The van der Waals surface area contributed by atoms with Crippen molar-refractivity contribution in [1.29, 1.82) is 0 Å². The van der Waals surface area contributed by atoms with Crippen molar-refractivity contribution in [2.24, 2.45) is 0 Å². The van der Waals surface area contributed by atoms with E-state index in [-0.39, 0.29) is 13.0 Å². The number of nitrogens with one attached hydrogen (secondary N) is 1. The summed E-state index contributed by atoms with van der Waals surface area (Å²) in [5, 5.41) is 12.0. The molecule has 1 amide bonds. The van der Waals surface area contributed by atoms with Gasteiger partial charge >= 0.3 is 12.1 Å². The maximum absolute atomic E-state index is 11.7. The molecule has 0 aromatic carbocycles. The van der Waals surface area contributed by atoms with Gasteiger partial charge in [-0.25, -0.2) is 4.79 Å². The molecular weight excluding hydrogens is 250 g/mol. The highest BCUT2D eigenvalue weighted by atomic mass is 16.6. The predicted octanol–water partition coefficient (Wildman–Crippen LogP) is 1.38. The van der Waals surface area contributed by atoms with Crippen LogP contribution in [0.4, 0.5) is 4.79 Å². The van der Waals surface area contributed by atoms with E-state index in [0.717, 1.165) is 0 Å². The molecule has 0 unspecified atom stereocenters. The maximum Gasteiger partial charge on any atom is 0.408 e. The van der Waals surface area contributed by atoms with Crippen LogP contribution in [0.1, 0.15) is 34.1 Å². The number of amides is 1. The molecule has 0 rings (SSSR count). The number of hydrogen-bond donors (Lipinski definition) is 2. The molecule has 0 spiro atoms. The zero-order valence-electron chi connectivity index (χ0n) is 12.0. The number of hydrogen-bond acceptors (Lipinski definition) is 5. The molecule has 0 aliphatic carbocycles. The predicted molar refractivity (Wildman–Crippen MR) is 70.6 cm³/mol. The number of aliphatic hydroxyl groups excluding tert-OH is 1. The molecule has 2 N–H and O–H groups in total. The molecule has 0 saturated heterocycles. The normalized spacial score (nSPS) is 14.2. The minimum absolute atomic E-state index is 0.149. The van der Waals surface area contributed by atoms with Crippen LogP contribution in [-0.4, -0.2) is 41.5 Å². The molecular formula is C13H23NO5. The molecule has 0 heterocycles. The van der Waals surface area contributed by atoms with E-state index in [1.807, 2.05) is 0 Å². The third-order valence-electron chi connectivity index (χ3n) is 2.16. The number of rotatable bonds is 6. The van der Waals surface area contributed by atoms with Crippen LogP contribution in [0.25, 0.3) is 0 Å². The quantitative estimate of drug-likeness (QED) is 0.564. The van der Waals surface area contributed by atoms with Gasteiger partial charge in [-0.1, -0.05) is 6.08 Å². The summed E-state index contributed by atoms with van der Waals surface area (Å²) in [5.74, 6) is -0.493. The van der Waals surface area contributed by atoms with Gasteiger partial charge in [-0.2, -0.15) is 0 Å². The van der Waals surface area contributed by atoms with Gasteiger partial charge in [0.1, 0.15) is 17.7 Å². The first-order valence-corrected chi connectivity index (χ1v) is 6.00. The second-order valence-electron chi connectivity index (χ2n) is 5.34. The second-order valence-corrected chi connectivity index (χ2v) is 5.34. The summed E-state index contributed by atoms with van der Waals surface area (Å²) < 4.78 is 9.98. The lowest BCUT2D eigenvalue weighted by atomic mass is 9.97. The highest BCUT2D eigenvalue weighted by Gasteiger charge is 2.33. The van der Waals surface area contributed by atoms with Gasteiger partial charge in [0.2, 0.25) is 0 Å². The van der Waals surface area contributed by atoms with Crippen molar-refractivity contribution in [3.63, 3.8) is 0 Å². The highest BCUT2D eigenvalue weighted by Crippen LogP contribution is 2.14. The number of ether oxygens (including phenoxy) is 2. The molecule has 6 heteroatoms. The minimum Gasteiger partial charge on any atom is -0.463 e. The maximum atomic E-state index is 11.7. The van der Waals surface area contributed by atoms with E-state index in [2.05, 4.69) is 11.9 Å². The molecule has 110 valence electrons. The van der Waals surface area contributed by atoms with Gasteiger partial charge in [-0.15, -0.1) is 6.58 Å². The molecule has 19 heavy (non-hydrogen) atoms. The van der Waals surface area contributed by atoms with E-state index < -0.39 is 29.8 Å². The van der Waals surface area contributed by atoms with Crippen molar-refractivity contribution in [3.8, 4) is 0 Å². The Morgan fingerprint density at radius 2 is 1.95 bits per heavy atom. The number of esters is 1. The van der Waals surface area contributed by atoms with Crippen LogP contribution in [-0.2, 0) is 14.3 Å². The van der Waals surface area contributed by atoms with Gasteiger partial charge in [-0.3, -0.25) is 4.79 Å². The molecule has 6 nitrogen and oxygen atoms in total. The molecule has 0 aromatic heterocycles. The number of alkyl carbamates (subject to hydrolysis) is 1. The Kier molecular flexibility index (Phi) is 6.55. The molecule has 0 aliphatic rings. The largest absolute Gasteiger partial charge is 0.463 e. The fraction of sp³-hybridized carbons (Fsp3) is 0.692. The van der Waals surface area contributed by atoms with Gasteiger partial charge < -0.3 is 19.9 Å². The molecule has 0 bridgehead atoms. The fourth-order valence-electron chi connectivity index (χ4n) is 1.33. The summed E-state index contributed by atoms with van der Waals surface area (Å²) in [5.41, 5.74) is -1.77. The lowest BCUT2D eigenvalue weighted by Gasteiger charge is -2.32. The lowest BCUT2D eigenvalue weighted by Crippen LogP contribution is -2.55. The topological polar surface area (TPSA) is 84.9 Å². The van der Waals surface area contributed by atoms with Gasteiger partial charge in [0.25, 0.3) is 0 Å². The fourth-order valence-corrected chi connectivity index (χ4v) is 1.33. The first-order chi connectivity index (χ1) is 8.64. The Balaban J connectivity index is 4.78. The van der Waals surface area contributed by atoms with Crippen molar-refractivity contribution in [2.45, 2.75) is 45.3 Å². The highest BCUT2D eigenvalue weighted by molar-refractivity contribution is 5.69. The average molecular weight is 273 g/mol. The van der Waals surface area contributed by atoms with Crippen LogP contribution in [0.15, 0.2) is 12.7 Å². The number of aliphatic hydroxyl groups is 1. The van der Waals surface area contributed by atoms with E-state index in [0.29, 0.717) is 0 Å². The van der Waals surface area contributed by atoms with E-state index in [1.165, 1.54) is 13.0 Å². The standard InChI is InChI=1S/C13H23NO5/c1-6-7-13(8-15,9-18-10(2)16)14-11(17)19-12(3,4)5/h6,15H,1,7-9H2,2-5H3,(H,14,17)/t13-/m0/s1. The molecule has 1 atom stereocenters. The van der Waals surface area contributed by atoms with Crippen LogP contribution in [0.3, 0.4) is 0 Å². The third-order valence-corrected chi connectivity index (χ3v) is 2.16. The van der Waals surface area contributed by atoms with Crippen molar-refractivity contribution in [1.82, 2.24) is 5.32 Å². The zero-order chi connectivity index (χ0) is 15.1. The Bertz CT molecular complexity index is 334. The summed E-state index contributed by atoms with van der Waals surface area (Å²) in [7, 11) is 0. The van der Waals surface area contributed by atoms with Crippen molar-refractivity contribution < 1.29 is 24.2 Å². The van der Waals surface area contributed by atoms with Crippen molar-refractivity contribution >= 4 is 12.1 Å². The Hall–Kier alpha value is -1.56. The number of carbonyl (C=O) groups is 2. The first kappa shape index (κ1) is 17.4. The second kappa shape index (κ2) is 7.13. The Morgan fingerprint density at radius 3 is 2.32 bits per heavy atom.